The number of nitrogens with zero attached hydrogens (tertiary/aromatic N) is 2. The Morgan fingerprint density at radius 2 is 2.33 bits per heavy atom. The Kier molecular flexibility index (Phi) is 2.62. The van der Waals surface area contributed by atoms with Crippen LogP contribution in [0.5, 0.6) is 0 Å². The Hall–Kier alpha value is -2.11. The van der Waals surface area contributed by atoms with Crippen molar-refractivity contribution in [3.05, 3.63) is 28.3 Å². The van der Waals surface area contributed by atoms with Gasteiger partial charge in [-0.2, -0.15) is 4.98 Å². The second-order valence-electron chi connectivity index (χ2n) is 4.61. The van der Waals surface area contributed by atoms with Crippen LogP contribution in [0, 0.1) is 16.0 Å². The second kappa shape index (κ2) is 4.29. The van der Waals surface area contributed by atoms with Crippen LogP contribution in [0.4, 0.5) is 11.7 Å². The first-order valence-electron chi connectivity index (χ1n) is 6.01. The van der Waals surface area contributed by atoms with Gasteiger partial charge in [0.05, 0.1) is 11.0 Å². The molecular formula is C12H13N3O3. The first-order chi connectivity index (χ1) is 8.72. The van der Waals surface area contributed by atoms with Gasteiger partial charge in [-0.1, -0.05) is 6.42 Å². The van der Waals surface area contributed by atoms with E-state index in [1.54, 1.807) is 6.07 Å². The number of nitrogens with one attached hydrogen (secondary N) is 1. The Balaban J connectivity index is 1.79. The molecule has 0 aliphatic heterocycles. The summed E-state index contributed by atoms with van der Waals surface area (Å²) in [6, 6.07) is 4.88. The number of anilines is 1. The highest BCUT2D eigenvalue weighted by atomic mass is 16.6. The van der Waals surface area contributed by atoms with Crippen molar-refractivity contribution < 1.29 is 9.34 Å². The van der Waals surface area contributed by atoms with E-state index in [2.05, 4.69) is 10.3 Å². The third-order valence-corrected chi connectivity index (χ3v) is 3.35. The zero-order valence-corrected chi connectivity index (χ0v) is 9.76. The van der Waals surface area contributed by atoms with Crippen molar-refractivity contribution in [1.29, 1.82) is 0 Å². The molecule has 0 radical (unpaired) electrons. The van der Waals surface area contributed by atoms with Gasteiger partial charge in [0.25, 0.3) is 11.7 Å². The van der Waals surface area contributed by atoms with Gasteiger partial charge in [-0.05, 0) is 24.8 Å². The number of aromatic nitrogens is 1. The molecule has 18 heavy (non-hydrogen) atoms. The number of nitro groups is 1. The minimum absolute atomic E-state index is 0.0178. The van der Waals surface area contributed by atoms with Crippen molar-refractivity contribution in [1.82, 2.24) is 4.98 Å². The van der Waals surface area contributed by atoms with E-state index in [4.69, 9.17) is 4.42 Å². The molecule has 0 atom stereocenters. The summed E-state index contributed by atoms with van der Waals surface area (Å²) in [4.78, 5) is 14.4. The van der Waals surface area contributed by atoms with Gasteiger partial charge in [0.15, 0.2) is 5.58 Å². The number of non-ortho nitro benzene ring substituents is 1. The molecule has 1 aliphatic rings. The molecule has 0 saturated heterocycles. The Labute approximate surface area is 103 Å². The zero-order chi connectivity index (χ0) is 12.5. The van der Waals surface area contributed by atoms with Gasteiger partial charge in [0.2, 0.25) is 0 Å². The predicted molar refractivity (Wildman–Crippen MR) is 66.5 cm³/mol. The standard InChI is InChI=1S/C12H13N3O3/c16-15(17)9-4-5-10-11(6-9)18-12(14-10)13-7-8-2-1-3-8/h4-6,8H,1-3,7H2,(H,13,14). The maximum Gasteiger partial charge on any atom is 0.295 e. The smallest absolute Gasteiger partial charge is 0.295 e. The maximum absolute atomic E-state index is 10.6. The van der Waals surface area contributed by atoms with Crippen LogP contribution in [0.25, 0.3) is 11.1 Å². The number of hydrogen-bond acceptors (Lipinski definition) is 5. The number of rotatable bonds is 4. The highest BCUT2D eigenvalue weighted by Gasteiger charge is 2.18. The van der Waals surface area contributed by atoms with Crippen LogP contribution in [0.15, 0.2) is 22.6 Å². The minimum atomic E-state index is -0.441. The van der Waals surface area contributed by atoms with E-state index in [0.717, 1.165) is 6.54 Å². The quantitative estimate of drug-likeness (QED) is 0.663. The van der Waals surface area contributed by atoms with E-state index in [1.165, 1.54) is 31.4 Å². The Bertz CT molecular complexity index is 589. The van der Waals surface area contributed by atoms with E-state index in [0.29, 0.717) is 23.0 Å². The monoisotopic (exact) mass is 247 g/mol. The van der Waals surface area contributed by atoms with Crippen LogP contribution in [0.2, 0.25) is 0 Å². The topological polar surface area (TPSA) is 81.2 Å². The number of benzene rings is 1. The van der Waals surface area contributed by atoms with Gasteiger partial charge in [-0.15, -0.1) is 0 Å². The predicted octanol–water partition coefficient (Wildman–Crippen LogP) is 2.95. The van der Waals surface area contributed by atoms with Crippen molar-refractivity contribution in [2.75, 3.05) is 11.9 Å². The molecule has 1 fully saturated rings. The third-order valence-electron chi connectivity index (χ3n) is 3.35. The van der Waals surface area contributed by atoms with Crippen molar-refractivity contribution in [2.45, 2.75) is 19.3 Å². The fourth-order valence-corrected chi connectivity index (χ4v) is 2.03. The van der Waals surface area contributed by atoms with Crippen molar-refractivity contribution >= 4 is 22.8 Å². The fourth-order valence-electron chi connectivity index (χ4n) is 2.03. The van der Waals surface area contributed by atoms with Crippen LogP contribution in [-0.4, -0.2) is 16.5 Å². The molecule has 0 amide bonds. The van der Waals surface area contributed by atoms with Crippen LogP contribution in [0.3, 0.4) is 0 Å². The molecule has 1 aromatic heterocycles. The van der Waals surface area contributed by atoms with Gasteiger partial charge in [-0.25, -0.2) is 0 Å². The molecule has 1 aliphatic carbocycles. The summed E-state index contributed by atoms with van der Waals surface area (Å²) in [7, 11) is 0. The zero-order valence-electron chi connectivity index (χ0n) is 9.76. The summed E-state index contributed by atoms with van der Waals surface area (Å²) >= 11 is 0. The van der Waals surface area contributed by atoms with E-state index < -0.39 is 4.92 Å². The van der Waals surface area contributed by atoms with Gasteiger partial charge >= 0.3 is 0 Å². The highest BCUT2D eigenvalue weighted by Crippen LogP contribution is 2.27. The Morgan fingerprint density at radius 3 is 3.00 bits per heavy atom. The largest absolute Gasteiger partial charge is 0.423 e. The average Bonchev–Trinajstić information content (AvgIpc) is 2.68. The maximum atomic E-state index is 10.6. The molecule has 1 heterocycles. The minimum Gasteiger partial charge on any atom is -0.423 e. The van der Waals surface area contributed by atoms with Crippen molar-refractivity contribution in [3.8, 4) is 0 Å². The summed E-state index contributed by atoms with van der Waals surface area (Å²) in [5, 5.41) is 13.8. The lowest BCUT2D eigenvalue weighted by Gasteiger charge is -2.24. The summed E-state index contributed by atoms with van der Waals surface area (Å²) < 4.78 is 5.45. The molecule has 1 aromatic carbocycles. The van der Waals surface area contributed by atoms with Crippen molar-refractivity contribution in [2.24, 2.45) is 5.92 Å². The second-order valence-corrected chi connectivity index (χ2v) is 4.61. The third kappa shape index (κ3) is 2.01. The SMILES string of the molecule is O=[N+]([O-])c1ccc2nc(NCC3CCC3)oc2c1. The van der Waals surface area contributed by atoms with Gasteiger partial charge < -0.3 is 9.73 Å². The van der Waals surface area contributed by atoms with Crippen LogP contribution >= 0.6 is 0 Å². The molecule has 2 aromatic rings. The molecule has 6 heteroatoms. The molecule has 6 nitrogen and oxygen atoms in total. The fraction of sp³-hybridized carbons (Fsp3) is 0.417. The normalized spacial score (nSPS) is 15.6. The van der Waals surface area contributed by atoms with E-state index in [1.807, 2.05) is 0 Å². The van der Waals surface area contributed by atoms with Gasteiger partial charge in [-0.3, -0.25) is 10.1 Å². The lowest BCUT2D eigenvalue weighted by molar-refractivity contribution is -0.384. The molecule has 0 bridgehead atoms. The summed E-state index contributed by atoms with van der Waals surface area (Å²) in [6.45, 7) is 0.856. The van der Waals surface area contributed by atoms with E-state index in [9.17, 15) is 10.1 Å². The molecule has 1 saturated carbocycles. The molecule has 3 rings (SSSR count). The van der Waals surface area contributed by atoms with Crippen LogP contribution < -0.4 is 5.32 Å². The molecule has 0 spiro atoms. The molecule has 1 N–H and O–H groups in total. The summed E-state index contributed by atoms with van der Waals surface area (Å²) in [5.41, 5.74) is 1.10. The van der Waals surface area contributed by atoms with Crippen molar-refractivity contribution in [3.63, 3.8) is 0 Å². The number of hydrogen-bond donors (Lipinski definition) is 1. The summed E-state index contributed by atoms with van der Waals surface area (Å²) in [5.74, 6) is 0.703. The van der Waals surface area contributed by atoms with Crippen LogP contribution in [-0.2, 0) is 0 Å². The van der Waals surface area contributed by atoms with E-state index >= 15 is 0 Å². The molecule has 94 valence electrons. The molecule has 0 unspecified atom stereocenters. The van der Waals surface area contributed by atoms with Crippen LogP contribution in [0.1, 0.15) is 19.3 Å². The first kappa shape index (κ1) is 11.0. The number of oxazole rings is 1. The Morgan fingerprint density at radius 1 is 1.50 bits per heavy atom. The average molecular weight is 247 g/mol. The summed E-state index contributed by atoms with van der Waals surface area (Å²) in [6.07, 6.45) is 3.80. The van der Waals surface area contributed by atoms with Gasteiger partial charge in [0, 0.05) is 12.6 Å². The highest BCUT2D eigenvalue weighted by molar-refractivity contribution is 5.77. The first-order valence-corrected chi connectivity index (χ1v) is 6.01. The number of nitro benzene ring substituents is 1. The lowest BCUT2D eigenvalue weighted by atomic mass is 9.85. The lowest BCUT2D eigenvalue weighted by Crippen LogP contribution is -2.20. The van der Waals surface area contributed by atoms with Gasteiger partial charge in [0.1, 0.15) is 5.52 Å². The molecular weight excluding hydrogens is 234 g/mol. The number of fused-ring (bicyclic) bond motifs is 1. The van der Waals surface area contributed by atoms with E-state index in [-0.39, 0.29) is 5.69 Å².